The van der Waals surface area contributed by atoms with Crippen molar-refractivity contribution in [3.63, 3.8) is 0 Å². The van der Waals surface area contributed by atoms with Crippen molar-refractivity contribution in [2.45, 2.75) is 26.2 Å². The predicted molar refractivity (Wildman–Crippen MR) is 74.3 cm³/mol. The van der Waals surface area contributed by atoms with Crippen LogP contribution in [0, 0.1) is 5.92 Å². The number of nitrogens with zero attached hydrogens (tertiary/aromatic N) is 2. The summed E-state index contributed by atoms with van der Waals surface area (Å²) >= 11 is 0. The number of rotatable bonds is 6. The molecule has 0 saturated carbocycles. The molecule has 0 amide bonds. The summed E-state index contributed by atoms with van der Waals surface area (Å²) in [7, 11) is 0. The third-order valence-corrected chi connectivity index (χ3v) is 3.19. The van der Waals surface area contributed by atoms with E-state index in [9.17, 15) is 0 Å². The van der Waals surface area contributed by atoms with E-state index >= 15 is 0 Å². The van der Waals surface area contributed by atoms with Crippen LogP contribution in [0.5, 0.6) is 5.88 Å². The molecule has 0 spiro atoms. The molecule has 0 atom stereocenters. The van der Waals surface area contributed by atoms with Gasteiger partial charge in [0.25, 0.3) is 0 Å². The molecule has 2 rings (SSSR count). The third kappa shape index (κ3) is 3.96. The molecule has 1 saturated heterocycles. The van der Waals surface area contributed by atoms with Crippen LogP contribution in [0.1, 0.15) is 26.2 Å². The number of ether oxygens (including phenoxy) is 2. The van der Waals surface area contributed by atoms with Crippen molar-refractivity contribution >= 4 is 11.5 Å². The predicted octanol–water partition coefficient (Wildman–Crippen LogP) is 1.69. The molecule has 1 fully saturated rings. The Bertz CT molecular complexity index is 394. The standard InChI is InChI=1S/C13H22N4O2/c1-2-5-19-13-11(14)12(16-9-17-13)15-8-10-3-6-18-7-4-10/h9-10H,2-8,14H2,1H3,(H,15,16,17). The van der Waals surface area contributed by atoms with Gasteiger partial charge in [-0.15, -0.1) is 0 Å². The Morgan fingerprint density at radius 1 is 1.42 bits per heavy atom. The summed E-state index contributed by atoms with van der Waals surface area (Å²) in [6.07, 6.45) is 4.57. The van der Waals surface area contributed by atoms with Gasteiger partial charge in [0.05, 0.1) is 6.61 Å². The summed E-state index contributed by atoms with van der Waals surface area (Å²) in [5.74, 6) is 1.74. The van der Waals surface area contributed by atoms with E-state index in [1.807, 2.05) is 6.92 Å². The maximum Gasteiger partial charge on any atom is 0.242 e. The van der Waals surface area contributed by atoms with Crippen molar-refractivity contribution in [3.05, 3.63) is 6.33 Å². The van der Waals surface area contributed by atoms with E-state index in [1.54, 1.807) is 0 Å². The lowest BCUT2D eigenvalue weighted by atomic mass is 10.0. The SMILES string of the molecule is CCCOc1ncnc(NCC2CCOCC2)c1N. The topological polar surface area (TPSA) is 82.3 Å². The molecule has 106 valence electrons. The van der Waals surface area contributed by atoms with Gasteiger partial charge in [-0.1, -0.05) is 6.92 Å². The van der Waals surface area contributed by atoms with Crippen LogP contribution in [0.15, 0.2) is 6.33 Å². The average molecular weight is 266 g/mol. The zero-order chi connectivity index (χ0) is 13.5. The molecule has 1 aliphatic heterocycles. The molecular weight excluding hydrogens is 244 g/mol. The zero-order valence-electron chi connectivity index (χ0n) is 11.4. The minimum atomic E-state index is 0.464. The van der Waals surface area contributed by atoms with Gasteiger partial charge in [0.2, 0.25) is 5.88 Å². The average Bonchev–Trinajstić information content (AvgIpc) is 2.46. The summed E-state index contributed by atoms with van der Waals surface area (Å²) in [5, 5.41) is 3.29. The highest BCUT2D eigenvalue weighted by molar-refractivity contribution is 5.66. The number of aromatic nitrogens is 2. The first-order valence-corrected chi connectivity index (χ1v) is 6.86. The monoisotopic (exact) mass is 266 g/mol. The fraction of sp³-hybridized carbons (Fsp3) is 0.692. The van der Waals surface area contributed by atoms with Crippen LogP contribution in [-0.2, 0) is 4.74 Å². The van der Waals surface area contributed by atoms with Gasteiger partial charge >= 0.3 is 0 Å². The van der Waals surface area contributed by atoms with Gasteiger partial charge in [-0.25, -0.2) is 4.98 Å². The molecule has 0 aromatic carbocycles. The number of nitrogen functional groups attached to an aromatic ring is 1. The van der Waals surface area contributed by atoms with Crippen LogP contribution in [0.3, 0.4) is 0 Å². The Labute approximate surface area is 113 Å². The quantitative estimate of drug-likeness (QED) is 0.815. The van der Waals surface area contributed by atoms with Gasteiger partial charge in [-0.2, -0.15) is 4.98 Å². The fourth-order valence-corrected chi connectivity index (χ4v) is 2.03. The molecule has 0 unspecified atom stereocenters. The van der Waals surface area contributed by atoms with Crippen molar-refractivity contribution in [1.82, 2.24) is 9.97 Å². The van der Waals surface area contributed by atoms with E-state index < -0.39 is 0 Å². The van der Waals surface area contributed by atoms with Gasteiger partial charge in [-0.3, -0.25) is 0 Å². The Kier molecular flexibility index (Phi) is 5.20. The van der Waals surface area contributed by atoms with E-state index in [4.69, 9.17) is 15.2 Å². The molecule has 6 nitrogen and oxygen atoms in total. The van der Waals surface area contributed by atoms with Crippen molar-refractivity contribution < 1.29 is 9.47 Å². The van der Waals surface area contributed by atoms with Crippen molar-refractivity contribution in [3.8, 4) is 5.88 Å². The largest absolute Gasteiger partial charge is 0.476 e. The first-order valence-electron chi connectivity index (χ1n) is 6.86. The molecule has 0 radical (unpaired) electrons. The Morgan fingerprint density at radius 3 is 2.95 bits per heavy atom. The van der Waals surface area contributed by atoms with E-state index in [1.165, 1.54) is 6.33 Å². The molecule has 3 N–H and O–H groups in total. The minimum absolute atomic E-state index is 0.464. The molecule has 1 aromatic heterocycles. The smallest absolute Gasteiger partial charge is 0.242 e. The second-order valence-corrected chi connectivity index (χ2v) is 4.73. The molecule has 6 heteroatoms. The van der Waals surface area contributed by atoms with E-state index in [0.29, 0.717) is 29.9 Å². The second kappa shape index (κ2) is 7.13. The van der Waals surface area contributed by atoms with Crippen LogP contribution < -0.4 is 15.8 Å². The first kappa shape index (κ1) is 13.9. The van der Waals surface area contributed by atoms with Crippen molar-refractivity contribution in [2.75, 3.05) is 37.4 Å². The van der Waals surface area contributed by atoms with E-state index in [-0.39, 0.29) is 0 Å². The maximum atomic E-state index is 6.00. The van der Waals surface area contributed by atoms with Crippen molar-refractivity contribution in [1.29, 1.82) is 0 Å². The third-order valence-electron chi connectivity index (χ3n) is 3.19. The van der Waals surface area contributed by atoms with Crippen LogP contribution in [0.2, 0.25) is 0 Å². The van der Waals surface area contributed by atoms with Gasteiger partial charge in [-0.05, 0) is 25.2 Å². The van der Waals surface area contributed by atoms with Gasteiger partial charge in [0, 0.05) is 19.8 Å². The highest BCUT2D eigenvalue weighted by atomic mass is 16.5. The lowest BCUT2D eigenvalue weighted by Gasteiger charge is -2.22. The van der Waals surface area contributed by atoms with Gasteiger partial charge < -0.3 is 20.5 Å². The lowest BCUT2D eigenvalue weighted by molar-refractivity contribution is 0.0699. The van der Waals surface area contributed by atoms with Crippen LogP contribution in [-0.4, -0.2) is 36.3 Å². The van der Waals surface area contributed by atoms with Crippen LogP contribution in [0.25, 0.3) is 0 Å². The molecule has 19 heavy (non-hydrogen) atoms. The first-order chi connectivity index (χ1) is 9.31. The molecule has 1 aliphatic rings. The number of anilines is 2. The number of hydrogen-bond donors (Lipinski definition) is 2. The second-order valence-electron chi connectivity index (χ2n) is 4.73. The normalized spacial score (nSPS) is 16.3. The Balaban J connectivity index is 1.91. The van der Waals surface area contributed by atoms with Crippen molar-refractivity contribution in [2.24, 2.45) is 5.92 Å². The summed E-state index contributed by atoms with van der Waals surface area (Å²) in [4.78, 5) is 8.23. The zero-order valence-corrected chi connectivity index (χ0v) is 11.4. The maximum absolute atomic E-state index is 6.00. The Morgan fingerprint density at radius 2 is 2.21 bits per heavy atom. The van der Waals surface area contributed by atoms with Crippen LogP contribution in [0.4, 0.5) is 11.5 Å². The summed E-state index contributed by atoms with van der Waals surface area (Å²) in [6, 6.07) is 0. The summed E-state index contributed by atoms with van der Waals surface area (Å²) in [5.41, 5.74) is 6.49. The lowest BCUT2D eigenvalue weighted by Crippen LogP contribution is -2.23. The molecule has 1 aromatic rings. The number of hydrogen-bond acceptors (Lipinski definition) is 6. The van der Waals surface area contributed by atoms with E-state index in [2.05, 4.69) is 15.3 Å². The molecule has 2 heterocycles. The van der Waals surface area contributed by atoms with Gasteiger partial charge in [0.15, 0.2) is 5.82 Å². The summed E-state index contributed by atoms with van der Waals surface area (Å²) in [6.45, 7) is 5.20. The molecule has 0 aliphatic carbocycles. The summed E-state index contributed by atoms with van der Waals surface area (Å²) < 4.78 is 10.8. The highest BCUT2D eigenvalue weighted by Gasteiger charge is 2.15. The fourth-order valence-electron chi connectivity index (χ4n) is 2.03. The Hall–Kier alpha value is -1.56. The molecular formula is C13H22N4O2. The minimum Gasteiger partial charge on any atom is -0.476 e. The van der Waals surface area contributed by atoms with Crippen LogP contribution >= 0.6 is 0 Å². The van der Waals surface area contributed by atoms with E-state index in [0.717, 1.165) is 39.0 Å². The number of nitrogens with two attached hydrogens (primary N) is 1. The molecule has 0 bridgehead atoms. The number of nitrogens with one attached hydrogen (secondary N) is 1. The van der Waals surface area contributed by atoms with Gasteiger partial charge in [0.1, 0.15) is 12.0 Å². The highest BCUT2D eigenvalue weighted by Crippen LogP contribution is 2.25.